The standard InChI is InChI=1S/C24H40O4/c1-14(4-7-21(27)28)17-5-6-18-22-19(9-11-24(17,18)3)23(2)10-8-16(25)12-15(23)13-20(22)26/h14-20,22,25-26H,4-13H2,1-3H3,(H,27,28)/t14-,15+,16+,17+,18+,19+,20+,22+,23+,24-/m1/s1. The van der Waals surface area contributed by atoms with Crippen LogP contribution in [0.25, 0.3) is 0 Å². The highest BCUT2D eigenvalue weighted by Crippen LogP contribution is 2.68. The molecule has 0 aromatic rings. The zero-order valence-electron chi connectivity index (χ0n) is 17.9. The predicted molar refractivity (Wildman–Crippen MR) is 109 cm³/mol. The maximum atomic E-state index is 11.2. The lowest BCUT2D eigenvalue weighted by Crippen LogP contribution is -2.58. The quantitative estimate of drug-likeness (QED) is 0.659. The molecule has 0 radical (unpaired) electrons. The Morgan fingerprint density at radius 3 is 2.39 bits per heavy atom. The molecule has 4 saturated carbocycles. The molecule has 0 aromatic carbocycles. The van der Waals surface area contributed by atoms with Gasteiger partial charge < -0.3 is 15.3 Å². The first kappa shape index (κ1) is 20.7. The first-order valence-electron chi connectivity index (χ1n) is 11.7. The minimum atomic E-state index is -0.684. The fraction of sp³-hybridized carbons (Fsp3) is 0.958. The van der Waals surface area contributed by atoms with Crippen molar-refractivity contribution in [3.8, 4) is 0 Å². The number of aliphatic carboxylic acids is 1. The number of carboxylic acids is 1. The smallest absolute Gasteiger partial charge is 0.303 e. The lowest BCUT2D eigenvalue weighted by Gasteiger charge is -2.62. The molecule has 160 valence electrons. The van der Waals surface area contributed by atoms with Crippen LogP contribution in [-0.2, 0) is 4.79 Å². The Labute approximate surface area is 170 Å². The number of aliphatic hydroxyl groups excluding tert-OH is 2. The summed E-state index contributed by atoms with van der Waals surface area (Å²) in [5.41, 5.74) is 0.523. The Bertz CT molecular complexity index is 605. The van der Waals surface area contributed by atoms with Crippen LogP contribution in [0.5, 0.6) is 0 Å². The second kappa shape index (κ2) is 7.27. The highest BCUT2D eigenvalue weighted by Gasteiger charge is 2.62. The number of rotatable bonds is 4. The van der Waals surface area contributed by atoms with E-state index in [1.165, 1.54) is 25.7 Å². The van der Waals surface area contributed by atoms with E-state index < -0.39 is 5.97 Å². The normalized spacial score (nSPS) is 51.7. The van der Waals surface area contributed by atoms with Gasteiger partial charge >= 0.3 is 5.97 Å². The lowest BCUT2D eigenvalue weighted by molar-refractivity contribution is -0.174. The molecular formula is C24H40O4. The summed E-state index contributed by atoms with van der Waals surface area (Å²) in [6.45, 7) is 7.16. The minimum absolute atomic E-state index is 0.179. The molecule has 4 aliphatic carbocycles. The van der Waals surface area contributed by atoms with Crippen LogP contribution < -0.4 is 0 Å². The Hall–Kier alpha value is -0.610. The van der Waals surface area contributed by atoms with Crippen LogP contribution in [0.2, 0.25) is 0 Å². The molecule has 4 heteroatoms. The molecule has 0 bridgehead atoms. The van der Waals surface area contributed by atoms with Crippen molar-refractivity contribution >= 4 is 5.97 Å². The summed E-state index contributed by atoms with van der Waals surface area (Å²) in [7, 11) is 0. The van der Waals surface area contributed by atoms with Crippen LogP contribution >= 0.6 is 0 Å². The molecule has 0 spiro atoms. The van der Waals surface area contributed by atoms with E-state index in [9.17, 15) is 15.0 Å². The SMILES string of the molecule is C[C@H](CCC(=O)O)[C@@H]1CC[C@H]2[C@@H]3[C@@H](O)C[C@@H]4C[C@@H](O)CC[C@]4(C)[C@H]3CC[C@@]21C. The van der Waals surface area contributed by atoms with Gasteiger partial charge in [-0.3, -0.25) is 4.79 Å². The summed E-state index contributed by atoms with van der Waals surface area (Å²) in [5.74, 6) is 2.36. The van der Waals surface area contributed by atoms with Crippen molar-refractivity contribution in [1.29, 1.82) is 0 Å². The molecule has 0 aliphatic heterocycles. The zero-order chi connectivity index (χ0) is 20.3. The van der Waals surface area contributed by atoms with E-state index in [1.807, 2.05) is 0 Å². The molecule has 4 rings (SSSR count). The van der Waals surface area contributed by atoms with E-state index in [4.69, 9.17) is 5.11 Å². The number of fused-ring (bicyclic) bond motifs is 5. The third-order valence-corrected chi connectivity index (χ3v) is 10.2. The average molecular weight is 393 g/mol. The summed E-state index contributed by atoms with van der Waals surface area (Å²) < 4.78 is 0. The first-order valence-corrected chi connectivity index (χ1v) is 11.7. The lowest BCUT2D eigenvalue weighted by atomic mass is 9.43. The van der Waals surface area contributed by atoms with Crippen LogP contribution in [0.1, 0.15) is 85.0 Å². The molecule has 4 nitrogen and oxygen atoms in total. The molecule has 0 unspecified atom stereocenters. The summed E-state index contributed by atoms with van der Waals surface area (Å²) in [6, 6.07) is 0. The van der Waals surface area contributed by atoms with E-state index in [0.29, 0.717) is 35.5 Å². The van der Waals surface area contributed by atoms with Crippen molar-refractivity contribution in [2.24, 2.45) is 46.3 Å². The van der Waals surface area contributed by atoms with Crippen molar-refractivity contribution in [1.82, 2.24) is 0 Å². The second-order valence-electron chi connectivity index (χ2n) is 11.4. The van der Waals surface area contributed by atoms with E-state index in [0.717, 1.165) is 32.1 Å². The highest BCUT2D eigenvalue weighted by molar-refractivity contribution is 5.66. The number of carboxylic acid groups (broad SMARTS) is 1. The molecule has 0 saturated heterocycles. The average Bonchev–Trinajstić information content (AvgIpc) is 2.98. The van der Waals surface area contributed by atoms with Gasteiger partial charge in [0.25, 0.3) is 0 Å². The molecule has 4 aliphatic rings. The summed E-state index contributed by atoms with van der Waals surface area (Å²) >= 11 is 0. The van der Waals surface area contributed by atoms with Gasteiger partial charge in [-0.1, -0.05) is 20.8 Å². The molecule has 0 amide bonds. The number of hydrogen-bond acceptors (Lipinski definition) is 3. The van der Waals surface area contributed by atoms with Crippen molar-refractivity contribution in [3.63, 3.8) is 0 Å². The third-order valence-electron chi connectivity index (χ3n) is 10.2. The van der Waals surface area contributed by atoms with Crippen molar-refractivity contribution < 1.29 is 20.1 Å². The minimum Gasteiger partial charge on any atom is -0.481 e. The molecule has 0 heterocycles. The van der Waals surface area contributed by atoms with Gasteiger partial charge in [0, 0.05) is 6.42 Å². The van der Waals surface area contributed by atoms with Gasteiger partial charge in [0.05, 0.1) is 12.2 Å². The molecular weight excluding hydrogens is 352 g/mol. The second-order valence-corrected chi connectivity index (χ2v) is 11.4. The topological polar surface area (TPSA) is 77.8 Å². The van der Waals surface area contributed by atoms with Crippen molar-refractivity contribution in [3.05, 3.63) is 0 Å². The Morgan fingerprint density at radius 1 is 1.00 bits per heavy atom. The van der Waals surface area contributed by atoms with Crippen LogP contribution in [0.4, 0.5) is 0 Å². The van der Waals surface area contributed by atoms with E-state index in [2.05, 4.69) is 20.8 Å². The van der Waals surface area contributed by atoms with Crippen LogP contribution in [0.3, 0.4) is 0 Å². The molecule has 28 heavy (non-hydrogen) atoms. The van der Waals surface area contributed by atoms with E-state index >= 15 is 0 Å². The van der Waals surface area contributed by atoms with E-state index in [1.54, 1.807) is 0 Å². The van der Waals surface area contributed by atoms with Crippen LogP contribution in [-0.4, -0.2) is 33.5 Å². The van der Waals surface area contributed by atoms with Gasteiger partial charge in [0.15, 0.2) is 0 Å². The molecule has 4 fully saturated rings. The Morgan fingerprint density at radius 2 is 1.68 bits per heavy atom. The zero-order valence-corrected chi connectivity index (χ0v) is 17.9. The van der Waals surface area contributed by atoms with Gasteiger partial charge in [0.2, 0.25) is 0 Å². The number of aliphatic hydroxyl groups is 2. The maximum Gasteiger partial charge on any atom is 0.303 e. The predicted octanol–water partition coefficient (Wildman–Crippen LogP) is 4.48. The molecule has 0 aromatic heterocycles. The fourth-order valence-electron chi connectivity index (χ4n) is 8.73. The summed E-state index contributed by atoms with van der Waals surface area (Å²) in [6.07, 6.45) is 9.19. The van der Waals surface area contributed by atoms with Crippen LogP contribution in [0, 0.1) is 46.3 Å². The number of carbonyl (C=O) groups is 1. The Kier molecular flexibility index (Phi) is 5.36. The summed E-state index contributed by atoms with van der Waals surface area (Å²) in [4.78, 5) is 11.1. The number of hydrogen-bond donors (Lipinski definition) is 3. The van der Waals surface area contributed by atoms with Gasteiger partial charge in [0.1, 0.15) is 0 Å². The van der Waals surface area contributed by atoms with Crippen LogP contribution in [0.15, 0.2) is 0 Å². The molecule has 10 atom stereocenters. The van der Waals surface area contributed by atoms with Gasteiger partial charge in [-0.15, -0.1) is 0 Å². The maximum absolute atomic E-state index is 11.2. The Balaban J connectivity index is 1.55. The third kappa shape index (κ3) is 3.14. The summed E-state index contributed by atoms with van der Waals surface area (Å²) in [5, 5.41) is 30.5. The fourth-order valence-corrected chi connectivity index (χ4v) is 8.73. The van der Waals surface area contributed by atoms with Gasteiger partial charge in [-0.2, -0.15) is 0 Å². The monoisotopic (exact) mass is 392 g/mol. The van der Waals surface area contributed by atoms with Crippen molar-refractivity contribution in [2.75, 3.05) is 0 Å². The molecule has 3 N–H and O–H groups in total. The van der Waals surface area contributed by atoms with Gasteiger partial charge in [-0.25, -0.2) is 0 Å². The van der Waals surface area contributed by atoms with Crippen molar-refractivity contribution in [2.45, 2.75) is 97.2 Å². The highest BCUT2D eigenvalue weighted by atomic mass is 16.4. The first-order chi connectivity index (χ1) is 13.2. The van der Waals surface area contributed by atoms with Gasteiger partial charge in [-0.05, 0) is 104 Å². The van der Waals surface area contributed by atoms with E-state index in [-0.39, 0.29) is 29.5 Å². The largest absolute Gasteiger partial charge is 0.481 e.